The van der Waals surface area contributed by atoms with E-state index in [1.165, 1.54) is 12.0 Å². The fourth-order valence-electron chi connectivity index (χ4n) is 3.46. The van der Waals surface area contributed by atoms with Crippen molar-refractivity contribution in [2.75, 3.05) is 0 Å². The first-order valence-corrected chi connectivity index (χ1v) is 7.70. The molecule has 1 aliphatic rings. The Morgan fingerprint density at radius 3 is 2.67 bits per heavy atom. The molecule has 0 spiro atoms. The standard InChI is InChI=1S/C18H26N2O/c1-12-6-7-16(14(3)8-12)17(21)20-19-15-9-13(2)10-18(4,5)11-15/h6-8,13H,9-11H2,1-5H3,(H,20,21)/b19-15-/t13-/m0/s1. The minimum Gasteiger partial charge on any atom is -0.267 e. The van der Waals surface area contributed by atoms with Crippen molar-refractivity contribution < 1.29 is 4.79 Å². The highest BCUT2D eigenvalue weighted by atomic mass is 16.2. The molecule has 0 unspecified atom stereocenters. The van der Waals surface area contributed by atoms with Crippen molar-refractivity contribution >= 4 is 11.6 Å². The second kappa shape index (κ2) is 6.00. The van der Waals surface area contributed by atoms with Gasteiger partial charge in [0.15, 0.2) is 0 Å². The van der Waals surface area contributed by atoms with Gasteiger partial charge in [0.05, 0.1) is 0 Å². The zero-order valence-corrected chi connectivity index (χ0v) is 13.8. The monoisotopic (exact) mass is 286 g/mol. The van der Waals surface area contributed by atoms with Gasteiger partial charge < -0.3 is 0 Å². The maximum Gasteiger partial charge on any atom is 0.271 e. The fraction of sp³-hybridized carbons (Fsp3) is 0.556. The molecule has 1 aliphatic carbocycles. The summed E-state index contributed by atoms with van der Waals surface area (Å²) in [5, 5.41) is 4.39. The van der Waals surface area contributed by atoms with E-state index in [0.717, 1.165) is 24.1 Å². The number of nitrogens with one attached hydrogen (secondary N) is 1. The molecule has 0 saturated heterocycles. The molecule has 21 heavy (non-hydrogen) atoms. The topological polar surface area (TPSA) is 41.5 Å². The summed E-state index contributed by atoms with van der Waals surface area (Å²) in [5.41, 5.74) is 6.98. The van der Waals surface area contributed by atoms with Crippen LogP contribution in [0.15, 0.2) is 23.3 Å². The zero-order valence-electron chi connectivity index (χ0n) is 13.8. The largest absolute Gasteiger partial charge is 0.271 e. The lowest BCUT2D eigenvalue weighted by atomic mass is 9.72. The summed E-state index contributed by atoms with van der Waals surface area (Å²) in [6, 6.07) is 5.85. The van der Waals surface area contributed by atoms with Gasteiger partial charge in [-0.1, -0.05) is 38.5 Å². The highest BCUT2D eigenvalue weighted by Gasteiger charge is 2.29. The highest BCUT2D eigenvalue weighted by molar-refractivity contribution is 5.97. The summed E-state index contributed by atoms with van der Waals surface area (Å²) in [6.07, 6.45) is 3.16. The molecule has 3 nitrogen and oxygen atoms in total. The predicted octanol–water partition coefficient (Wildman–Crippen LogP) is 4.24. The number of hydrazone groups is 1. The Labute approximate surface area is 127 Å². The van der Waals surface area contributed by atoms with Crippen molar-refractivity contribution in [3.63, 3.8) is 0 Å². The Hall–Kier alpha value is -1.64. The quantitative estimate of drug-likeness (QED) is 0.812. The predicted molar refractivity (Wildman–Crippen MR) is 87.6 cm³/mol. The van der Waals surface area contributed by atoms with Gasteiger partial charge in [-0.2, -0.15) is 5.10 Å². The Morgan fingerprint density at radius 1 is 1.33 bits per heavy atom. The van der Waals surface area contributed by atoms with Crippen LogP contribution < -0.4 is 5.43 Å². The molecule has 2 rings (SSSR count). The highest BCUT2D eigenvalue weighted by Crippen LogP contribution is 2.36. The molecule has 114 valence electrons. The third-order valence-corrected chi connectivity index (χ3v) is 4.11. The fourth-order valence-corrected chi connectivity index (χ4v) is 3.46. The molecule has 1 amide bonds. The van der Waals surface area contributed by atoms with Gasteiger partial charge in [-0.3, -0.25) is 4.79 Å². The Bertz CT molecular complexity index is 573. The summed E-state index contributed by atoms with van der Waals surface area (Å²) in [4.78, 5) is 12.2. The average molecular weight is 286 g/mol. The van der Waals surface area contributed by atoms with Crippen LogP contribution in [0.2, 0.25) is 0 Å². The van der Waals surface area contributed by atoms with Gasteiger partial charge in [-0.15, -0.1) is 0 Å². The zero-order chi connectivity index (χ0) is 15.6. The van der Waals surface area contributed by atoms with E-state index in [2.05, 4.69) is 31.3 Å². The number of carbonyl (C=O) groups is 1. The van der Waals surface area contributed by atoms with Crippen molar-refractivity contribution in [1.82, 2.24) is 5.43 Å². The van der Waals surface area contributed by atoms with Crippen LogP contribution >= 0.6 is 0 Å². The van der Waals surface area contributed by atoms with E-state index in [-0.39, 0.29) is 11.3 Å². The number of rotatable bonds is 2. The van der Waals surface area contributed by atoms with Crippen LogP contribution in [0.1, 0.15) is 61.5 Å². The molecule has 3 heteroatoms. The molecule has 1 N–H and O–H groups in total. The van der Waals surface area contributed by atoms with Crippen LogP contribution in [-0.4, -0.2) is 11.6 Å². The average Bonchev–Trinajstić information content (AvgIpc) is 2.33. The summed E-state index contributed by atoms with van der Waals surface area (Å²) < 4.78 is 0. The molecular formula is C18H26N2O. The first-order chi connectivity index (χ1) is 9.77. The van der Waals surface area contributed by atoms with Crippen molar-refractivity contribution in [1.29, 1.82) is 0 Å². The minimum absolute atomic E-state index is 0.115. The van der Waals surface area contributed by atoms with E-state index in [0.29, 0.717) is 11.5 Å². The molecular weight excluding hydrogens is 260 g/mol. The molecule has 1 atom stereocenters. The van der Waals surface area contributed by atoms with E-state index >= 15 is 0 Å². The number of amides is 1. The van der Waals surface area contributed by atoms with Gasteiger partial charge in [0.1, 0.15) is 0 Å². The van der Waals surface area contributed by atoms with Crippen LogP contribution in [0.3, 0.4) is 0 Å². The van der Waals surface area contributed by atoms with Gasteiger partial charge in [0.25, 0.3) is 5.91 Å². The second-order valence-corrected chi connectivity index (χ2v) is 7.29. The summed E-state index contributed by atoms with van der Waals surface area (Å²) >= 11 is 0. The summed E-state index contributed by atoms with van der Waals surface area (Å²) in [6.45, 7) is 10.8. The molecule has 1 fully saturated rings. The van der Waals surface area contributed by atoms with Crippen molar-refractivity contribution in [2.24, 2.45) is 16.4 Å². The Balaban J connectivity index is 2.08. The Kier molecular flexibility index (Phi) is 4.50. The first-order valence-electron chi connectivity index (χ1n) is 7.70. The van der Waals surface area contributed by atoms with E-state index in [9.17, 15) is 4.79 Å². The molecule has 1 aromatic carbocycles. The van der Waals surface area contributed by atoms with E-state index in [1.807, 2.05) is 32.0 Å². The molecule has 0 heterocycles. The second-order valence-electron chi connectivity index (χ2n) is 7.29. The number of hydrogen-bond acceptors (Lipinski definition) is 2. The third kappa shape index (κ3) is 4.16. The van der Waals surface area contributed by atoms with E-state index in [1.54, 1.807) is 0 Å². The summed E-state index contributed by atoms with van der Waals surface area (Å²) in [7, 11) is 0. The Morgan fingerprint density at radius 2 is 2.05 bits per heavy atom. The van der Waals surface area contributed by atoms with Crippen LogP contribution in [0.4, 0.5) is 0 Å². The van der Waals surface area contributed by atoms with Crippen LogP contribution in [0.25, 0.3) is 0 Å². The lowest BCUT2D eigenvalue weighted by molar-refractivity contribution is 0.0953. The third-order valence-electron chi connectivity index (χ3n) is 4.11. The maximum absolute atomic E-state index is 12.2. The number of benzene rings is 1. The number of hydrogen-bond donors (Lipinski definition) is 1. The van der Waals surface area contributed by atoms with E-state index < -0.39 is 0 Å². The van der Waals surface area contributed by atoms with Gasteiger partial charge in [-0.05, 0) is 56.1 Å². The van der Waals surface area contributed by atoms with E-state index in [4.69, 9.17) is 0 Å². The normalized spacial score (nSPS) is 23.1. The molecule has 0 radical (unpaired) electrons. The molecule has 0 aromatic heterocycles. The molecule has 1 saturated carbocycles. The summed E-state index contributed by atoms with van der Waals surface area (Å²) in [5.74, 6) is 0.515. The molecule has 0 bridgehead atoms. The van der Waals surface area contributed by atoms with Crippen LogP contribution in [0, 0.1) is 25.2 Å². The number of carbonyl (C=O) groups excluding carboxylic acids is 1. The molecule has 1 aromatic rings. The number of nitrogens with zero attached hydrogens (tertiary/aromatic N) is 1. The minimum atomic E-state index is -0.115. The van der Waals surface area contributed by atoms with Gasteiger partial charge in [0, 0.05) is 11.3 Å². The van der Waals surface area contributed by atoms with Gasteiger partial charge in [-0.25, -0.2) is 5.43 Å². The van der Waals surface area contributed by atoms with Crippen molar-refractivity contribution in [3.8, 4) is 0 Å². The lowest BCUT2D eigenvalue weighted by Crippen LogP contribution is -2.30. The van der Waals surface area contributed by atoms with Crippen molar-refractivity contribution in [3.05, 3.63) is 34.9 Å². The number of aryl methyl sites for hydroxylation is 2. The van der Waals surface area contributed by atoms with Crippen LogP contribution in [-0.2, 0) is 0 Å². The molecule has 0 aliphatic heterocycles. The first kappa shape index (κ1) is 15.7. The smallest absolute Gasteiger partial charge is 0.267 e. The van der Waals surface area contributed by atoms with Gasteiger partial charge in [0.2, 0.25) is 0 Å². The maximum atomic E-state index is 12.2. The van der Waals surface area contributed by atoms with Gasteiger partial charge >= 0.3 is 0 Å². The SMILES string of the molecule is Cc1ccc(C(=O)N/N=C2/C[C@H](C)CC(C)(C)C2)c(C)c1. The van der Waals surface area contributed by atoms with Crippen LogP contribution in [0.5, 0.6) is 0 Å². The van der Waals surface area contributed by atoms with Crippen molar-refractivity contribution in [2.45, 2.75) is 53.9 Å². The lowest BCUT2D eigenvalue weighted by Gasteiger charge is -2.34.